The van der Waals surface area contributed by atoms with Crippen LogP contribution in [-0.2, 0) is 0 Å². The smallest absolute Gasteiger partial charge is 0.158 e. The third kappa shape index (κ3) is 1.80. The normalized spacial score (nSPS) is 24.9. The molecule has 5 nitrogen and oxygen atoms in total. The van der Waals surface area contributed by atoms with E-state index >= 15 is 0 Å². The van der Waals surface area contributed by atoms with Gasteiger partial charge in [-0.2, -0.15) is 5.26 Å². The fraction of sp³-hybridized carbons (Fsp3) is 0.444. The van der Waals surface area contributed by atoms with Gasteiger partial charge >= 0.3 is 0 Å². The molecule has 0 saturated heterocycles. The monoisotopic (exact) mass is 189 g/mol. The van der Waals surface area contributed by atoms with Crippen LogP contribution in [-0.4, -0.2) is 22.1 Å². The van der Waals surface area contributed by atoms with Gasteiger partial charge in [-0.3, -0.25) is 0 Å². The summed E-state index contributed by atoms with van der Waals surface area (Å²) in [6.07, 6.45) is 4.98. The van der Waals surface area contributed by atoms with Crippen molar-refractivity contribution in [1.29, 1.82) is 5.26 Å². The standard InChI is InChI=1S/C9H11N5/c10-3-8-4-13-9(5-12-8)14-7-1-6(11)2-7/h4-7H,1-2,11H2,(H,13,14). The van der Waals surface area contributed by atoms with E-state index in [0.29, 0.717) is 23.6 Å². The second kappa shape index (κ2) is 3.60. The number of rotatable bonds is 2. The molecule has 1 heterocycles. The Morgan fingerprint density at radius 1 is 1.43 bits per heavy atom. The van der Waals surface area contributed by atoms with Crippen LogP contribution in [0.15, 0.2) is 12.4 Å². The molecule has 0 spiro atoms. The lowest BCUT2D eigenvalue weighted by Crippen LogP contribution is -2.44. The number of anilines is 1. The van der Waals surface area contributed by atoms with E-state index in [2.05, 4.69) is 15.3 Å². The van der Waals surface area contributed by atoms with E-state index in [1.165, 1.54) is 6.20 Å². The third-order valence-corrected chi connectivity index (χ3v) is 2.29. The molecular formula is C9H11N5. The zero-order valence-electron chi connectivity index (χ0n) is 7.64. The minimum absolute atomic E-state index is 0.318. The first-order valence-corrected chi connectivity index (χ1v) is 4.52. The van der Waals surface area contributed by atoms with Crippen molar-refractivity contribution in [2.24, 2.45) is 5.73 Å². The molecule has 1 aliphatic rings. The zero-order valence-corrected chi connectivity index (χ0v) is 7.64. The molecule has 5 heteroatoms. The van der Waals surface area contributed by atoms with Crippen LogP contribution < -0.4 is 11.1 Å². The Bertz CT molecular complexity index is 346. The van der Waals surface area contributed by atoms with Gasteiger partial charge in [0.1, 0.15) is 11.9 Å². The number of nitrogens with zero attached hydrogens (tertiary/aromatic N) is 3. The van der Waals surface area contributed by atoms with Crippen LogP contribution in [0.3, 0.4) is 0 Å². The molecule has 1 fully saturated rings. The summed E-state index contributed by atoms with van der Waals surface area (Å²) in [5, 5.41) is 11.7. The number of nitrogens with one attached hydrogen (secondary N) is 1. The number of nitrogens with two attached hydrogens (primary N) is 1. The average Bonchev–Trinajstić information content (AvgIpc) is 2.17. The summed E-state index contributed by atoms with van der Waals surface area (Å²) < 4.78 is 0. The molecule has 0 unspecified atom stereocenters. The van der Waals surface area contributed by atoms with E-state index in [4.69, 9.17) is 11.0 Å². The lowest BCUT2D eigenvalue weighted by Gasteiger charge is -2.33. The average molecular weight is 189 g/mol. The maximum atomic E-state index is 8.51. The Kier molecular flexibility index (Phi) is 2.29. The van der Waals surface area contributed by atoms with Crippen molar-refractivity contribution >= 4 is 5.82 Å². The van der Waals surface area contributed by atoms with Crippen molar-refractivity contribution in [3.05, 3.63) is 18.1 Å². The molecule has 3 N–H and O–H groups in total. The van der Waals surface area contributed by atoms with Crippen molar-refractivity contribution in [1.82, 2.24) is 9.97 Å². The summed E-state index contributed by atoms with van der Waals surface area (Å²) in [6, 6.07) is 2.65. The van der Waals surface area contributed by atoms with E-state index in [1.54, 1.807) is 6.20 Å². The van der Waals surface area contributed by atoms with Crippen LogP contribution in [0.1, 0.15) is 18.5 Å². The maximum absolute atomic E-state index is 8.51. The van der Waals surface area contributed by atoms with Crippen LogP contribution in [0.2, 0.25) is 0 Å². The van der Waals surface area contributed by atoms with Crippen LogP contribution in [0, 0.1) is 11.3 Å². The van der Waals surface area contributed by atoms with Crippen molar-refractivity contribution in [3.63, 3.8) is 0 Å². The minimum Gasteiger partial charge on any atom is -0.366 e. The summed E-state index contributed by atoms with van der Waals surface area (Å²) in [4.78, 5) is 7.97. The van der Waals surface area contributed by atoms with Gasteiger partial charge in [0, 0.05) is 12.1 Å². The maximum Gasteiger partial charge on any atom is 0.158 e. The highest BCUT2D eigenvalue weighted by Gasteiger charge is 2.25. The quantitative estimate of drug-likeness (QED) is 0.696. The molecule has 0 bridgehead atoms. The number of hydrogen-bond acceptors (Lipinski definition) is 5. The van der Waals surface area contributed by atoms with Gasteiger partial charge in [0.2, 0.25) is 0 Å². The van der Waals surface area contributed by atoms with Gasteiger partial charge in [0.25, 0.3) is 0 Å². The number of aromatic nitrogens is 2. The fourth-order valence-electron chi connectivity index (χ4n) is 1.45. The summed E-state index contributed by atoms with van der Waals surface area (Å²) in [5.41, 5.74) is 5.98. The topological polar surface area (TPSA) is 87.6 Å². The van der Waals surface area contributed by atoms with Gasteiger partial charge < -0.3 is 11.1 Å². The largest absolute Gasteiger partial charge is 0.366 e. The first kappa shape index (κ1) is 8.91. The first-order chi connectivity index (χ1) is 6.78. The Hall–Kier alpha value is -1.67. The molecule has 0 atom stereocenters. The Balaban J connectivity index is 1.94. The molecule has 72 valence electrons. The highest BCUT2D eigenvalue weighted by atomic mass is 15.0. The molecule has 0 radical (unpaired) electrons. The number of hydrogen-bond donors (Lipinski definition) is 2. The Morgan fingerprint density at radius 2 is 2.21 bits per heavy atom. The van der Waals surface area contributed by atoms with Gasteiger partial charge in [-0.25, -0.2) is 9.97 Å². The van der Waals surface area contributed by atoms with Crippen LogP contribution >= 0.6 is 0 Å². The first-order valence-electron chi connectivity index (χ1n) is 4.52. The minimum atomic E-state index is 0.318. The van der Waals surface area contributed by atoms with E-state index in [-0.39, 0.29) is 0 Å². The van der Waals surface area contributed by atoms with E-state index in [9.17, 15) is 0 Å². The predicted octanol–water partition coefficient (Wildman–Crippen LogP) is 0.250. The molecule has 1 aromatic heterocycles. The third-order valence-electron chi connectivity index (χ3n) is 2.29. The fourth-order valence-corrected chi connectivity index (χ4v) is 1.45. The van der Waals surface area contributed by atoms with Crippen LogP contribution in [0.25, 0.3) is 0 Å². The highest BCUT2D eigenvalue weighted by molar-refractivity contribution is 5.35. The van der Waals surface area contributed by atoms with Crippen LogP contribution in [0.5, 0.6) is 0 Å². The van der Waals surface area contributed by atoms with E-state index in [1.807, 2.05) is 6.07 Å². The molecule has 2 rings (SSSR count). The van der Waals surface area contributed by atoms with Crippen molar-refractivity contribution < 1.29 is 0 Å². The lowest BCUT2D eigenvalue weighted by atomic mass is 9.88. The van der Waals surface area contributed by atoms with E-state index in [0.717, 1.165) is 12.8 Å². The summed E-state index contributed by atoms with van der Waals surface area (Å²) in [6.45, 7) is 0. The molecule has 14 heavy (non-hydrogen) atoms. The van der Waals surface area contributed by atoms with Gasteiger partial charge in [-0.05, 0) is 12.8 Å². The summed E-state index contributed by atoms with van der Waals surface area (Å²) in [5.74, 6) is 0.709. The van der Waals surface area contributed by atoms with Crippen molar-refractivity contribution in [2.45, 2.75) is 24.9 Å². The zero-order chi connectivity index (χ0) is 9.97. The summed E-state index contributed by atoms with van der Waals surface area (Å²) in [7, 11) is 0. The molecule has 1 aromatic rings. The SMILES string of the molecule is N#Cc1cnc(NC2CC(N)C2)cn1. The van der Waals surface area contributed by atoms with E-state index < -0.39 is 0 Å². The predicted molar refractivity (Wildman–Crippen MR) is 51.4 cm³/mol. The molecular weight excluding hydrogens is 178 g/mol. The van der Waals surface area contributed by atoms with Gasteiger partial charge in [0.05, 0.1) is 12.4 Å². The van der Waals surface area contributed by atoms with Gasteiger partial charge in [0.15, 0.2) is 5.69 Å². The molecule has 0 aliphatic heterocycles. The molecule has 1 aliphatic carbocycles. The van der Waals surface area contributed by atoms with Crippen LogP contribution in [0.4, 0.5) is 5.82 Å². The summed E-state index contributed by atoms with van der Waals surface area (Å²) >= 11 is 0. The van der Waals surface area contributed by atoms with Crippen molar-refractivity contribution in [3.8, 4) is 6.07 Å². The lowest BCUT2D eigenvalue weighted by molar-refractivity contribution is 0.373. The Morgan fingerprint density at radius 3 is 2.71 bits per heavy atom. The second-order valence-electron chi connectivity index (χ2n) is 3.47. The number of nitriles is 1. The molecule has 0 amide bonds. The Labute approximate surface area is 82.0 Å². The molecule has 1 saturated carbocycles. The molecule has 0 aromatic carbocycles. The van der Waals surface area contributed by atoms with Gasteiger partial charge in [-0.15, -0.1) is 0 Å². The van der Waals surface area contributed by atoms with Crippen molar-refractivity contribution in [2.75, 3.05) is 5.32 Å². The highest BCUT2D eigenvalue weighted by Crippen LogP contribution is 2.20. The van der Waals surface area contributed by atoms with Gasteiger partial charge in [-0.1, -0.05) is 0 Å². The second-order valence-corrected chi connectivity index (χ2v) is 3.47.